The lowest BCUT2D eigenvalue weighted by Crippen LogP contribution is -2.34. The minimum atomic E-state index is -1.68. The first-order chi connectivity index (χ1) is 8.52. The van der Waals surface area contributed by atoms with Crippen LogP contribution in [-0.4, -0.2) is 27.2 Å². The number of nitrogens with two attached hydrogens (primary N) is 2. The van der Waals surface area contributed by atoms with Gasteiger partial charge in [-0.1, -0.05) is 24.3 Å². The van der Waals surface area contributed by atoms with Gasteiger partial charge in [0.25, 0.3) is 0 Å². The number of hydrogen-bond acceptors (Lipinski definition) is 5. The molecule has 2 rings (SSSR count). The third kappa shape index (κ3) is 1.99. The van der Waals surface area contributed by atoms with Crippen molar-refractivity contribution in [1.29, 1.82) is 0 Å². The van der Waals surface area contributed by atoms with Gasteiger partial charge in [0.05, 0.1) is 0 Å². The van der Waals surface area contributed by atoms with Crippen molar-refractivity contribution in [3.8, 4) is 0 Å². The number of nitrogen functional groups attached to an aromatic ring is 1. The van der Waals surface area contributed by atoms with Crippen LogP contribution in [-0.2, 0) is 4.79 Å². The molecule has 0 bridgehead atoms. The number of hydrogen-bond donors (Lipinski definition) is 4. The summed E-state index contributed by atoms with van der Waals surface area (Å²) >= 11 is 0. The lowest BCUT2D eigenvalue weighted by molar-refractivity contribution is -0.131. The first kappa shape index (κ1) is 12.3. The highest BCUT2D eigenvalue weighted by molar-refractivity contribution is 5.93. The maximum atomic E-state index is 10.9. The summed E-state index contributed by atoms with van der Waals surface area (Å²) in [6.45, 7) is 0. The van der Waals surface area contributed by atoms with E-state index in [0.717, 1.165) is 0 Å². The first-order valence-electron chi connectivity index (χ1n) is 5.31. The number of primary amides is 1. The smallest absolute Gasteiger partial charge is 0.249 e. The van der Waals surface area contributed by atoms with Gasteiger partial charge in [-0.05, 0) is 5.39 Å². The average Bonchev–Trinajstić information content (AvgIpc) is 2.38. The zero-order valence-electron chi connectivity index (χ0n) is 9.45. The molecule has 1 amide bonds. The van der Waals surface area contributed by atoms with E-state index in [1.807, 2.05) is 0 Å². The van der Waals surface area contributed by atoms with Crippen LogP contribution in [0.4, 0.5) is 5.82 Å². The molecule has 1 aromatic carbocycles. The summed E-state index contributed by atoms with van der Waals surface area (Å²) in [5.41, 5.74) is 11.0. The van der Waals surface area contributed by atoms with Gasteiger partial charge in [0.15, 0.2) is 6.10 Å². The molecule has 0 aliphatic carbocycles. The standard InChI is InChI=1S/C12H13N3O3/c13-11-7-4-2-1-3-6(7)8(5-15-11)9(16)10(17)12(14)18/h1-5,9-10,16-17H,(H2,13,15)(H2,14,18). The van der Waals surface area contributed by atoms with E-state index in [0.29, 0.717) is 22.2 Å². The van der Waals surface area contributed by atoms with Gasteiger partial charge in [-0.15, -0.1) is 0 Å². The summed E-state index contributed by atoms with van der Waals surface area (Å²) in [7, 11) is 0. The summed E-state index contributed by atoms with van der Waals surface area (Å²) in [6, 6.07) is 7.00. The minimum absolute atomic E-state index is 0.311. The van der Waals surface area contributed by atoms with Gasteiger partial charge in [0.1, 0.15) is 11.9 Å². The zero-order valence-corrected chi connectivity index (χ0v) is 9.45. The Kier molecular flexibility index (Phi) is 3.14. The van der Waals surface area contributed by atoms with Gasteiger partial charge in [-0.3, -0.25) is 4.79 Å². The monoisotopic (exact) mass is 247 g/mol. The van der Waals surface area contributed by atoms with Crippen molar-refractivity contribution >= 4 is 22.5 Å². The van der Waals surface area contributed by atoms with E-state index >= 15 is 0 Å². The Labute approximate surface area is 103 Å². The number of fused-ring (bicyclic) bond motifs is 1. The summed E-state index contributed by atoms with van der Waals surface area (Å²) < 4.78 is 0. The molecule has 0 saturated carbocycles. The molecule has 0 aliphatic heterocycles. The number of rotatable bonds is 3. The first-order valence-corrected chi connectivity index (χ1v) is 5.31. The summed E-state index contributed by atoms with van der Waals surface area (Å²) in [6.07, 6.45) is -1.78. The second-order valence-electron chi connectivity index (χ2n) is 3.94. The highest BCUT2D eigenvalue weighted by Crippen LogP contribution is 2.28. The molecule has 0 aliphatic rings. The lowest BCUT2D eigenvalue weighted by atomic mass is 9.99. The summed E-state index contributed by atoms with van der Waals surface area (Å²) in [4.78, 5) is 14.8. The molecule has 2 atom stereocenters. The Balaban J connectivity index is 2.58. The molecule has 2 aromatic rings. The van der Waals surface area contributed by atoms with Crippen LogP contribution in [0.25, 0.3) is 10.8 Å². The van der Waals surface area contributed by atoms with Crippen LogP contribution in [0, 0.1) is 0 Å². The van der Waals surface area contributed by atoms with E-state index in [-0.39, 0.29) is 0 Å². The van der Waals surface area contributed by atoms with Gasteiger partial charge < -0.3 is 21.7 Å². The molecule has 1 aromatic heterocycles. The van der Waals surface area contributed by atoms with Gasteiger partial charge in [-0.2, -0.15) is 0 Å². The fourth-order valence-corrected chi connectivity index (χ4v) is 1.80. The topological polar surface area (TPSA) is 122 Å². The molecule has 0 fully saturated rings. The number of nitrogens with zero attached hydrogens (tertiary/aromatic N) is 1. The quantitative estimate of drug-likeness (QED) is 0.593. The maximum Gasteiger partial charge on any atom is 0.249 e. The van der Waals surface area contributed by atoms with Crippen LogP contribution < -0.4 is 11.5 Å². The summed E-state index contributed by atoms with van der Waals surface area (Å²) in [5.74, 6) is -0.682. The largest absolute Gasteiger partial charge is 0.385 e. The fourth-order valence-electron chi connectivity index (χ4n) is 1.80. The third-order valence-corrected chi connectivity index (χ3v) is 2.77. The highest BCUT2D eigenvalue weighted by Gasteiger charge is 2.25. The van der Waals surface area contributed by atoms with Crippen LogP contribution >= 0.6 is 0 Å². The molecular weight excluding hydrogens is 234 g/mol. The normalized spacial score (nSPS) is 14.3. The Bertz CT molecular complexity index is 600. The molecule has 6 heteroatoms. The lowest BCUT2D eigenvalue weighted by Gasteiger charge is -2.17. The van der Waals surface area contributed by atoms with E-state index in [4.69, 9.17) is 11.5 Å². The Morgan fingerprint density at radius 1 is 1.22 bits per heavy atom. The number of pyridine rings is 1. The van der Waals surface area contributed by atoms with Crippen LogP contribution in [0.2, 0.25) is 0 Å². The average molecular weight is 247 g/mol. The van der Waals surface area contributed by atoms with Gasteiger partial charge >= 0.3 is 0 Å². The molecule has 6 N–H and O–H groups in total. The molecule has 0 radical (unpaired) electrons. The van der Waals surface area contributed by atoms with Gasteiger partial charge in [0.2, 0.25) is 5.91 Å². The SMILES string of the molecule is NC(=O)C(O)C(O)c1cnc(N)c2ccccc12. The second-order valence-corrected chi connectivity index (χ2v) is 3.94. The molecule has 18 heavy (non-hydrogen) atoms. The van der Waals surface area contributed by atoms with E-state index in [9.17, 15) is 15.0 Å². The van der Waals surface area contributed by atoms with Crippen molar-refractivity contribution < 1.29 is 15.0 Å². The summed E-state index contributed by atoms with van der Waals surface area (Å²) in [5, 5.41) is 20.7. The second kappa shape index (κ2) is 4.59. The fraction of sp³-hybridized carbons (Fsp3) is 0.167. The number of carbonyl (C=O) groups is 1. The number of amides is 1. The molecule has 0 saturated heterocycles. The predicted molar refractivity (Wildman–Crippen MR) is 66.3 cm³/mol. The van der Waals surface area contributed by atoms with Crippen molar-refractivity contribution in [2.24, 2.45) is 5.73 Å². The number of benzene rings is 1. The van der Waals surface area contributed by atoms with Crippen LogP contribution in [0.1, 0.15) is 11.7 Å². The van der Waals surface area contributed by atoms with Crippen LogP contribution in [0.5, 0.6) is 0 Å². The number of aromatic nitrogens is 1. The van der Waals surface area contributed by atoms with Crippen LogP contribution in [0.3, 0.4) is 0 Å². The number of aliphatic hydroxyl groups is 2. The Morgan fingerprint density at radius 3 is 2.44 bits per heavy atom. The highest BCUT2D eigenvalue weighted by atomic mass is 16.3. The van der Waals surface area contributed by atoms with E-state index < -0.39 is 18.1 Å². The molecule has 6 nitrogen and oxygen atoms in total. The van der Waals surface area contributed by atoms with Crippen LogP contribution in [0.15, 0.2) is 30.5 Å². The Morgan fingerprint density at radius 2 is 1.83 bits per heavy atom. The van der Waals surface area contributed by atoms with Crippen molar-refractivity contribution in [1.82, 2.24) is 4.98 Å². The molecular formula is C12H13N3O3. The Hall–Kier alpha value is -2.18. The number of aliphatic hydroxyl groups excluding tert-OH is 2. The zero-order chi connectivity index (χ0) is 13.3. The third-order valence-electron chi connectivity index (χ3n) is 2.77. The predicted octanol–water partition coefficient (Wildman–Crippen LogP) is -0.303. The molecule has 1 heterocycles. The van der Waals surface area contributed by atoms with Gasteiger partial charge in [0, 0.05) is 17.1 Å². The van der Waals surface area contributed by atoms with E-state index in [1.54, 1.807) is 24.3 Å². The van der Waals surface area contributed by atoms with Crippen molar-refractivity contribution in [2.75, 3.05) is 5.73 Å². The van der Waals surface area contributed by atoms with Crippen molar-refractivity contribution in [2.45, 2.75) is 12.2 Å². The molecule has 2 unspecified atom stereocenters. The molecule has 0 spiro atoms. The van der Waals surface area contributed by atoms with E-state index in [2.05, 4.69) is 4.98 Å². The minimum Gasteiger partial charge on any atom is -0.385 e. The van der Waals surface area contributed by atoms with Gasteiger partial charge in [-0.25, -0.2) is 4.98 Å². The van der Waals surface area contributed by atoms with Crippen molar-refractivity contribution in [3.63, 3.8) is 0 Å². The number of anilines is 1. The van der Waals surface area contributed by atoms with E-state index in [1.165, 1.54) is 6.20 Å². The number of carbonyl (C=O) groups excluding carboxylic acids is 1. The van der Waals surface area contributed by atoms with Crippen molar-refractivity contribution in [3.05, 3.63) is 36.0 Å². The molecule has 94 valence electrons. The maximum absolute atomic E-state index is 10.9.